The Bertz CT molecular complexity index is 895. The standard InChI is InChI=1S/C21H22N2O2S/c1-26(24)20-10-8-17(9-11-20)16-4-6-18(7-5-16)21-22-19(15-25-21)14-23-12-2-3-13-23/h4-11,15H,2-3,12-14H2,1H3. The summed E-state index contributed by atoms with van der Waals surface area (Å²) in [6.07, 6.45) is 6.02. The molecule has 4 nitrogen and oxygen atoms in total. The van der Waals surface area contributed by atoms with Gasteiger partial charge in [0.15, 0.2) is 0 Å². The summed E-state index contributed by atoms with van der Waals surface area (Å²) < 4.78 is 17.2. The van der Waals surface area contributed by atoms with Crippen LogP contribution in [0.5, 0.6) is 0 Å². The first-order chi connectivity index (χ1) is 12.7. The lowest BCUT2D eigenvalue weighted by atomic mass is 10.0. The van der Waals surface area contributed by atoms with Gasteiger partial charge in [0.1, 0.15) is 6.26 Å². The molecule has 1 saturated heterocycles. The monoisotopic (exact) mass is 366 g/mol. The highest BCUT2D eigenvalue weighted by molar-refractivity contribution is 7.84. The van der Waals surface area contributed by atoms with Crippen molar-refractivity contribution in [2.75, 3.05) is 19.3 Å². The topological polar surface area (TPSA) is 46.3 Å². The second-order valence-corrected chi connectivity index (χ2v) is 8.06. The third-order valence-corrected chi connectivity index (χ3v) is 5.72. The Balaban J connectivity index is 1.48. The number of hydrogen-bond acceptors (Lipinski definition) is 4. The highest BCUT2D eigenvalue weighted by Gasteiger charge is 2.14. The van der Waals surface area contributed by atoms with E-state index in [1.54, 1.807) is 12.5 Å². The molecule has 2 aromatic carbocycles. The fourth-order valence-electron chi connectivity index (χ4n) is 3.33. The SMILES string of the molecule is CS(=O)c1ccc(-c2ccc(-c3nc(CN4CCCC4)co3)cc2)cc1. The minimum atomic E-state index is -0.946. The predicted molar refractivity (Wildman–Crippen MR) is 104 cm³/mol. The van der Waals surface area contributed by atoms with E-state index in [1.807, 2.05) is 36.4 Å². The van der Waals surface area contributed by atoms with Gasteiger partial charge in [0.2, 0.25) is 5.89 Å². The lowest BCUT2D eigenvalue weighted by Crippen LogP contribution is -2.18. The molecule has 26 heavy (non-hydrogen) atoms. The molecule has 1 unspecified atom stereocenters. The zero-order chi connectivity index (χ0) is 17.9. The van der Waals surface area contributed by atoms with Crippen LogP contribution in [0.4, 0.5) is 0 Å². The average molecular weight is 366 g/mol. The Kier molecular flexibility index (Phi) is 5.00. The first-order valence-electron chi connectivity index (χ1n) is 8.90. The molecule has 0 N–H and O–H groups in total. The van der Waals surface area contributed by atoms with Crippen LogP contribution in [-0.4, -0.2) is 33.4 Å². The molecule has 1 aliphatic heterocycles. The molecule has 3 aromatic rings. The van der Waals surface area contributed by atoms with Crippen LogP contribution in [0.1, 0.15) is 18.5 Å². The minimum Gasteiger partial charge on any atom is -0.444 e. The summed E-state index contributed by atoms with van der Waals surface area (Å²) in [5, 5.41) is 0. The number of aromatic nitrogens is 1. The van der Waals surface area contributed by atoms with Gasteiger partial charge in [-0.05, 0) is 61.3 Å². The van der Waals surface area contributed by atoms with Gasteiger partial charge in [-0.25, -0.2) is 4.98 Å². The van der Waals surface area contributed by atoms with E-state index in [1.165, 1.54) is 12.8 Å². The van der Waals surface area contributed by atoms with E-state index in [4.69, 9.17) is 4.42 Å². The Morgan fingerprint density at radius 1 is 0.962 bits per heavy atom. The maximum atomic E-state index is 11.5. The summed E-state index contributed by atoms with van der Waals surface area (Å²) in [6, 6.07) is 16.0. The van der Waals surface area contributed by atoms with E-state index in [2.05, 4.69) is 22.0 Å². The molecule has 0 bridgehead atoms. The van der Waals surface area contributed by atoms with Crippen LogP contribution in [-0.2, 0) is 17.3 Å². The lowest BCUT2D eigenvalue weighted by Gasteiger charge is -2.11. The number of nitrogens with zero attached hydrogens (tertiary/aromatic N) is 2. The normalized spacial score (nSPS) is 16.0. The van der Waals surface area contributed by atoms with E-state index >= 15 is 0 Å². The van der Waals surface area contributed by atoms with Crippen molar-refractivity contribution in [2.24, 2.45) is 0 Å². The lowest BCUT2D eigenvalue weighted by molar-refractivity contribution is 0.327. The van der Waals surface area contributed by atoms with E-state index in [0.717, 1.165) is 46.9 Å². The van der Waals surface area contributed by atoms with Crippen LogP contribution in [0.3, 0.4) is 0 Å². The van der Waals surface area contributed by atoms with E-state index < -0.39 is 10.8 Å². The van der Waals surface area contributed by atoms with Crippen molar-refractivity contribution in [3.05, 3.63) is 60.5 Å². The van der Waals surface area contributed by atoms with Gasteiger partial charge >= 0.3 is 0 Å². The molecule has 0 spiro atoms. The highest BCUT2D eigenvalue weighted by atomic mass is 32.2. The molecule has 5 heteroatoms. The zero-order valence-electron chi connectivity index (χ0n) is 14.9. The molecule has 0 radical (unpaired) electrons. The summed E-state index contributed by atoms with van der Waals surface area (Å²) in [4.78, 5) is 7.89. The molecule has 4 rings (SSSR count). The van der Waals surface area contributed by atoms with Crippen molar-refractivity contribution in [3.8, 4) is 22.6 Å². The molecule has 1 aliphatic rings. The zero-order valence-corrected chi connectivity index (χ0v) is 15.7. The summed E-state index contributed by atoms with van der Waals surface area (Å²) in [5.74, 6) is 0.669. The third kappa shape index (κ3) is 3.79. The molecule has 1 aromatic heterocycles. The first-order valence-corrected chi connectivity index (χ1v) is 10.5. The molecule has 134 valence electrons. The third-order valence-electron chi connectivity index (χ3n) is 4.79. The van der Waals surface area contributed by atoms with Gasteiger partial charge in [-0.15, -0.1) is 0 Å². The number of benzene rings is 2. The largest absolute Gasteiger partial charge is 0.444 e. The second-order valence-electron chi connectivity index (χ2n) is 6.68. The van der Waals surface area contributed by atoms with E-state index in [-0.39, 0.29) is 0 Å². The van der Waals surface area contributed by atoms with Gasteiger partial charge in [0.25, 0.3) is 0 Å². The van der Waals surface area contributed by atoms with Crippen LogP contribution in [0.2, 0.25) is 0 Å². The van der Waals surface area contributed by atoms with Crippen molar-refractivity contribution in [3.63, 3.8) is 0 Å². The van der Waals surface area contributed by atoms with Gasteiger partial charge in [0, 0.05) is 34.1 Å². The summed E-state index contributed by atoms with van der Waals surface area (Å²) in [7, 11) is -0.946. The molecule has 0 saturated carbocycles. The maximum absolute atomic E-state index is 11.5. The fraction of sp³-hybridized carbons (Fsp3) is 0.286. The Labute approximate surface area is 156 Å². The molecular weight excluding hydrogens is 344 g/mol. The Morgan fingerprint density at radius 2 is 1.54 bits per heavy atom. The predicted octanol–water partition coefficient (Wildman–Crippen LogP) is 4.34. The van der Waals surface area contributed by atoms with Crippen LogP contribution in [0.15, 0.2) is 64.1 Å². The van der Waals surface area contributed by atoms with Gasteiger partial charge in [-0.1, -0.05) is 24.3 Å². The van der Waals surface area contributed by atoms with Crippen molar-refractivity contribution in [1.82, 2.24) is 9.88 Å². The van der Waals surface area contributed by atoms with Gasteiger partial charge in [-0.3, -0.25) is 9.11 Å². The number of likely N-dealkylation sites (tertiary alicyclic amines) is 1. The highest BCUT2D eigenvalue weighted by Crippen LogP contribution is 2.25. The van der Waals surface area contributed by atoms with E-state index in [0.29, 0.717) is 5.89 Å². The number of rotatable bonds is 5. The number of oxazole rings is 1. The fourth-order valence-corrected chi connectivity index (χ4v) is 3.85. The number of hydrogen-bond donors (Lipinski definition) is 0. The van der Waals surface area contributed by atoms with Crippen molar-refractivity contribution < 1.29 is 8.63 Å². The van der Waals surface area contributed by atoms with Gasteiger partial charge in [-0.2, -0.15) is 0 Å². The minimum absolute atomic E-state index is 0.669. The maximum Gasteiger partial charge on any atom is 0.226 e. The van der Waals surface area contributed by atoms with Gasteiger partial charge in [0.05, 0.1) is 5.69 Å². The quantitative estimate of drug-likeness (QED) is 0.674. The van der Waals surface area contributed by atoms with Crippen molar-refractivity contribution in [2.45, 2.75) is 24.3 Å². The molecule has 1 atom stereocenters. The first kappa shape index (κ1) is 17.2. The average Bonchev–Trinajstić information content (AvgIpc) is 3.35. The summed E-state index contributed by atoms with van der Waals surface area (Å²) in [6.45, 7) is 3.18. The summed E-state index contributed by atoms with van der Waals surface area (Å²) in [5.41, 5.74) is 4.20. The van der Waals surface area contributed by atoms with E-state index in [9.17, 15) is 4.21 Å². The Hall–Kier alpha value is -2.24. The Morgan fingerprint density at radius 3 is 2.15 bits per heavy atom. The van der Waals surface area contributed by atoms with Gasteiger partial charge < -0.3 is 4.42 Å². The van der Waals surface area contributed by atoms with Crippen molar-refractivity contribution in [1.29, 1.82) is 0 Å². The molecule has 2 heterocycles. The molecule has 0 aliphatic carbocycles. The molecule has 0 amide bonds. The molecular formula is C21H22N2O2S. The van der Waals surface area contributed by atoms with Crippen LogP contribution in [0.25, 0.3) is 22.6 Å². The second kappa shape index (κ2) is 7.56. The molecule has 1 fully saturated rings. The smallest absolute Gasteiger partial charge is 0.226 e. The van der Waals surface area contributed by atoms with Crippen LogP contribution >= 0.6 is 0 Å². The van der Waals surface area contributed by atoms with Crippen LogP contribution in [0, 0.1) is 0 Å². The van der Waals surface area contributed by atoms with Crippen LogP contribution < -0.4 is 0 Å². The van der Waals surface area contributed by atoms with Crippen molar-refractivity contribution >= 4 is 10.8 Å². The summed E-state index contributed by atoms with van der Waals surface area (Å²) >= 11 is 0.